The van der Waals surface area contributed by atoms with Gasteiger partial charge in [0.1, 0.15) is 11.8 Å². The normalized spacial score (nSPS) is 12.1. The Labute approximate surface area is 128 Å². The number of furan rings is 1. The van der Waals surface area contributed by atoms with Gasteiger partial charge >= 0.3 is 0 Å². The summed E-state index contributed by atoms with van der Waals surface area (Å²) in [4.78, 5) is 4.18. The second-order valence-electron chi connectivity index (χ2n) is 4.85. The number of nitrogens with one attached hydrogen (secondary N) is 1. The fourth-order valence-electron chi connectivity index (χ4n) is 2.23. The van der Waals surface area contributed by atoms with E-state index in [9.17, 15) is 0 Å². The van der Waals surface area contributed by atoms with E-state index in [1.807, 2.05) is 43.3 Å². The molecule has 3 rings (SSSR count). The first kappa shape index (κ1) is 13.7. The van der Waals surface area contributed by atoms with Crippen LogP contribution in [0.4, 0.5) is 5.69 Å². The van der Waals surface area contributed by atoms with Crippen LogP contribution in [0.15, 0.2) is 65.4 Å². The number of rotatable bonds is 4. The van der Waals surface area contributed by atoms with Gasteiger partial charge in [-0.2, -0.15) is 0 Å². The van der Waals surface area contributed by atoms with Gasteiger partial charge in [0.05, 0.1) is 12.0 Å². The molecule has 1 aromatic carbocycles. The average Bonchev–Trinajstić information content (AvgIpc) is 3.03. The van der Waals surface area contributed by atoms with Crippen molar-refractivity contribution in [3.05, 3.63) is 83.0 Å². The number of hydrogen-bond acceptors (Lipinski definition) is 3. The largest absolute Gasteiger partial charge is 0.467 e. The number of hydrogen-bond donors (Lipinski definition) is 1. The molecule has 0 fully saturated rings. The van der Waals surface area contributed by atoms with E-state index in [2.05, 4.69) is 22.4 Å². The van der Waals surface area contributed by atoms with Gasteiger partial charge in [0.15, 0.2) is 5.15 Å². The molecule has 0 aliphatic rings. The molecule has 4 heteroatoms. The molecule has 0 spiro atoms. The highest BCUT2D eigenvalue weighted by Crippen LogP contribution is 2.30. The summed E-state index contributed by atoms with van der Waals surface area (Å²) in [6, 6.07) is 15.8. The van der Waals surface area contributed by atoms with Crippen molar-refractivity contribution >= 4 is 17.3 Å². The van der Waals surface area contributed by atoms with Gasteiger partial charge in [-0.05, 0) is 36.2 Å². The second kappa shape index (κ2) is 6.02. The molecule has 0 aliphatic carbocycles. The molecule has 106 valence electrons. The minimum atomic E-state index is -0.109. The molecule has 1 atom stereocenters. The maximum Gasteiger partial charge on any atom is 0.152 e. The van der Waals surface area contributed by atoms with Crippen LogP contribution in [0, 0.1) is 6.92 Å². The molecule has 0 amide bonds. The zero-order valence-corrected chi connectivity index (χ0v) is 12.3. The van der Waals surface area contributed by atoms with Crippen molar-refractivity contribution in [2.24, 2.45) is 0 Å². The number of benzene rings is 1. The first-order chi connectivity index (χ1) is 10.2. The Bertz CT molecular complexity index is 711. The summed E-state index contributed by atoms with van der Waals surface area (Å²) in [6.07, 6.45) is 3.42. The fraction of sp³-hybridized carbons (Fsp3) is 0.118. The predicted molar refractivity (Wildman–Crippen MR) is 84.6 cm³/mol. The van der Waals surface area contributed by atoms with Crippen molar-refractivity contribution in [2.45, 2.75) is 13.0 Å². The molecule has 1 unspecified atom stereocenters. The monoisotopic (exact) mass is 298 g/mol. The van der Waals surface area contributed by atoms with E-state index in [1.54, 1.807) is 12.5 Å². The van der Waals surface area contributed by atoms with Crippen LogP contribution in [0.25, 0.3) is 0 Å². The molecule has 1 N–H and O–H groups in total. The number of halogens is 1. The molecule has 0 aliphatic heterocycles. The predicted octanol–water partition coefficient (Wildman–Crippen LogP) is 4.84. The maximum absolute atomic E-state index is 6.18. The number of aromatic nitrogens is 1. The quantitative estimate of drug-likeness (QED) is 0.701. The Hall–Kier alpha value is -2.26. The van der Waals surface area contributed by atoms with Gasteiger partial charge in [-0.25, -0.2) is 4.98 Å². The van der Waals surface area contributed by atoms with Crippen LogP contribution in [0.5, 0.6) is 0 Å². The highest BCUT2D eigenvalue weighted by molar-refractivity contribution is 6.32. The third-order valence-electron chi connectivity index (χ3n) is 3.24. The molecular formula is C17H15ClN2O. The Morgan fingerprint density at radius 3 is 2.67 bits per heavy atom. The van der Waals surface area contributed by atoms with E-state index in [0.717, 1.165) is 22.6 Å². The summed E-state index contributed by atoms with van der Waals surface area (Å²) in [5, 5.41) is 3.87. The van der Waals surface area contributed by atoms with E-state index >= 15 is 0 Å². The zero-order valence-electron chi connectivity index (χ0n) is 11.6. The molecule has 2 heterocycles. The summed E-state index contributed by atoms with van der Waals surface area (Å²) in [7, 11) is 0. The van der Waals surface area contributed by atoms with Gasteiger partial charge in [0, 0.05) is 6.20 Å². The Balaban J connectivity index is 1.99. The van der Waals surface area contributed by atoms with Crippen LogP contribution in [0.3, 0.4) is 0 Å². The molecule has 3 nitrogen and oxygen atoms in total. The van der Waals surface area contributed by atoms with Gasteiger partial charge in [0.2, 0.25) is 0 Å². The molecular weight excluding hydrogens is 284 g/mol. The van der Waals surface area contributed by atoms with Crippen LogP contribution < -0.4 is 5.32 Å². The van der Waals surface area contributed by atoms with Crippen LogP contribution in [-0.4, -0.2) is 4.98 Å². The van der Waals surface area contributed by atoms with Gasteiger partial charge in [-0.15, -0.1) is 0 Å². The summed E-state index contributed by atoms with van der Waals surface area (Å²) < 4.78 is 5.57. The fourth-order valence-corrected chi connectivity index (χ4v) is 2.39. The molecule has 0 bridgehead atoms. The maximum atomic E-state index is 6.18. The lowest BCUT2D eigenvalue weighted by molar-refractivity contribution is 0.499. The smallest absolute Gasteiger partial charge is 0.152 e. The van der Waals surface area contributed by atoms with Crippen LogP contribution in [0.2, 0.25) is 5.15 Å². The second-order valence-corrected chi connectivity index (χ2v) is 5.21. The Kier molecular flexibility index (Phi) is 3.93. The van der Waals surface area contributed by atoms with Crippen molar-refractivity contribution < 1.29 is 4.42 Å². The van der Waals surface area contributed by atoms with Crippen molar-refractivity contribution in [3.63, 3.8) is 0 Å². The third-order valence-corrected chi connectivity index (χ3v) is 3.54. The summed E-state index contributed by atoms with van der Waals surface area (Å²) in [5.41, 5.74) is 2.94. The SMILES string of the molecule is Cc1cnc(Cl)c(NC(c2ccccc2)c2ccco2)c1. The van der Waals surface area contributed by atoms with Crippen LogP contribution in [-0.2, 0) is 0 Å². The summed E-state index contributed by atoms with van der Waals surface area (Å²) >= 11 is 6.18. The van der Waals surface area contributed by atoms with Gasteiger partial charge in [0.25, 0.3) is 0 Å². The van der Waals surface area contributed by atoms with E-state index < -0.39 is 0 Å². The lowest BCUT2D eigenvalue weighted by atomic mass is 10.0. The molecule has 3 aromatic rings. The lowest BCUT2D eigenvalue weighted by Gasteiger charge is -2.19. The van der Waals surface area contributed by atoms with Crippen molar-refractivity contribution in [2.75, 3.05) is 5.32 Å². The van der Waals surface area contributed by atoms with Crippen molar-refractivity contribution in [1.82, 2.24) is 4.98 Å². The number of pyridine rings is 1. The van der Waals surface area contributed by atoms with E-state index in [1.165, 1.54) is 0 Å². The highest BCUT2D eigenvalue weighted by Gasteiger charge is 2.18. The topological polar surface area (TPSA) is 38.1 Å². The van der Waals surface area contributed by atoms with Crippen LogP contribution >= 0.6 is 11.6 Å². The van der Waals surface area contributed by atoms with E-state index in [4.69, 9.17) is 16.0 Å². The zero-order chi connectivity index (χ0) is 14.7. The van der Waals surface area contributed by atoms with E-state index in [0.29, 0.717) is 5.15 Å². The number of nitrogens with zero attached hydrogens (tertiary/aromatic N) is 1. The molecule has 0 saturated heterocycles. The summed E-state index contributed by atoms with van der Waals surface area (Å²) in [5.74, 6) is 0.832. The minimum absolute atomic E-state index is 0.109. The minimum Gasteiger partial charge on any atom is -0.467 e. The van der Waals surface area contributed by atoms with Crippen molar-refractivity contribution in [1.29, 1.82) is 0 Å². The van der Waals surface area contributed by atoms with Gasteiger partial charge in [-0.1, -0.05) is 41.9 Å². The van der Waals surface area contributed by atoms with Gasteiger partial charge in [-0.3, -0.25) is 0 Å². The lowest BCUT2D eigenvalue weighted by Crippen LogP contribution is -2.12. The number of aryl methyl sites for hydroxylation is 1. The molecule has 21 heavy (non-hydrogen) atoms. The summed E-state index contributed by atoms with van der Waals surface area (Å²) in [6.45, 7) is 1.99. The Morgan fingerprint density at radius 2 is 1.95 bits per heavy atom. The molecule has 0 radical (unpaired) electrons. The van der Waals surface area contributed by atoms with Crippen LogP contribution in [0.1, 0.15) is 22.9 Å². The standard InChI is InChI=1S/C17H15ClN2O/c1-12-10-14(17(18)19-11-12)20-16(15-8-5-9-21-15)13-6-3-2-4-7-13/h2-11,16,20H,1H3. The van der Waals surface area contributed by atoms with Crippen molar-refractivity contribution in [3.8, 4) is 0 Å². The molecule has 0 saturated carbocycles. The first-order valence-electron chi connectivity index (χ1n) is 6.71. The average molecular weight is 299 g/mol. The van der Waals surface area contributed by atoms with E-state index in [-0.39, 0.29) is 6.04 Å². The first-order valence-corrected chi connectivity index (χ1v) is 7.09. The number of anilines is 1. The third kappa shape index (κ3) is 3.09. The molecule has 2 aromatic heterocycles. The van der Waals surface area contributed by atoms with Gasteiger partial charge < -0.3 is 9.73 Å². The Morgan fingerprint density at radius 1 is 1.14 bits per heavy atom. The highest BCUT2D eigenvalue weighted by atomic mass is 35.5.